The minimum Gasteiger partial charge on any atom is -0.465 e. The Balaban J connectivity index is 3.46. The fourth-order valence-electron chi connectivity index (χ4n) is 9.12. The monoisotopic (exact) mass is 942 g/mol. The third-order valence-electron chi connectivity index (χ3n) is 13.7. The number of aliphatic hydroxyl groups is 2. The Morgan fingerprint density at radius 2 is 0.746 bits per heavy atom. The van der Waals surface area contributed by atoms with Crippen molar-refractivity contribution in [3.63, 3.8) is 0 Å². The lowest BCUT2D eigenvalue weighted by molar-refractivity contribution is -0.143. The number of esters is 1. The lowest BCUT2D eigenvalue weighted by Gasteiger charge is -2.22. The van der Waals surface area contributed by atoms with Gasteiger partial charge < -0.3 is 20.3 Å². The highest BCUT2D eigenvalue weighted by molar-refractivity contribution is 5.76. The molecule has 6 heteroatoms. The molecular weight excluding hydrogens is 827 g/mol. The van der Waals surface area contributed by atoms with Crippen LogP contribution >= 0.6 is 0 Å². The number of rotatable bonds is 55. The van der Waals surface area contributed by atoms with Crippen LogP contribution < -0.4 is 5.32 Å². The van der Waals surface area contributed by atoms with Crippen LogP contribution in [0.4, 0.5) is 0 Å². The molecule has 0 fully saturated rings. The van der Waals surface area contributed by atoms with Crippen LogP contribution in [0.25, 0.3) is 0 Å². The van der Waals surface area contributed by atoms with Gasteiger partial charge in [0.05, 0.1) is 25.4 Å². The molecule has 0 aliphatic heterocycles. The van der Waals surface area contributed by atoms with Gasteiger partial charge in [0.15, 0.2) is 0 Å². The van der Waals surface area contributed by atoms with Gasteiger partial charge in [-0.1, -0.05) is 269 Å². The van der Waals surface area contributed by atoms with Gasteiger partial charge in [-0.2, -0.15) is 0 Å². The normalized spacial score (nSPS) is 12.8. The second-order valence-electron chi connectivity index (χ2n) is 20.3. The molecule has 0 heterocycles. The standard InChI is InChI=1S/C61H115NO5/c1-3-5-7-9-11-13-15-17-26-29-33-37-41-45-49-53-59(64)58(57-63)62-60(65)54-50-46-42-38-34-30-27-24-22-20-19-21-23-25-28-32-36-40-44-48-52-56-67-61(66)55-51-47-43-39-35-31-18-16-14-12-10-8-6-4-2/h16,18,32,36,44,48,58-59,63-64H,3-15,17,19-31,33-35,37-43,45-47,49-57H2,1-2H3,(H,62,65)/b18-16-,36-32-,48-44-. The zero-order valence-corrected chi connectivity index (χ0v) is 44.9. The molecule has 0 saturated carbocycles. The predicted molar refractivity (Wildman–Crippen MR) is 292 cm³/mol. The summed E-state index contributed by atoms with van der Waals surface area (Å²) in [6.45, 7) is 4.84. The van der Waals surface area contributed by atoms with Crippen molar-refractivity contribution in [2.45, 2.75) is 328 Å². The summed E-state index contributed by atoms with van der Waals surface area (Å²) in [5, 5.41) is 23.3. The molecule has 0 bridgehead atoms. The lowest BCUT2D eigenvalue weighted by atomic mass is 10.0. The van der Waals surface area contributed by atoms with Crippen LogP contribution in [0.1, 0.15) is 316 Å². The Bertz CT molecular complexity index is 1090. The Morgan fingerprint density at radius 3 is 1.15 bits per heavy atom. The maximum atomic E-state index is 12.5. The van der Waals surface area contributed by atoms with Gasteiger partial charge >= 0.3 is 5.97 Å². The largest absolute Gasteiger partial charge is 0.465 e. The highest BCUT2D eigenvalue weighted by Crippen LogP contribution is 2.17. The average molecular weight is 943 g/mol. The van der Waals surface area contributed by atoms with Crippen molar-refractivity contribution < 1.29 is 24.5 Å². The van der Waals surface area contributed by atoms with E-state index in [4.69, 9.17) is 4.74 Å². The first-order valence-corrected chi connectivity index (χ1v) is 29.7. The second-order valence-corrected chi connectivity index (χ2v) is 20.3. The van der Waals surface area contributed by atoms with Crippen molar-refractivity contribution in [2.75, 3.05) is 13.2 Å². The molecule has 0 aliphatic carbocycles. The van der Waals surface area contributed by atoms with Crippen LogP contribution in [0.3, 0.4) is 0 Å². The van der Waals surface area contributed by atoms with Crippen LogP contribution in [0.5, 0.6) is 0 Å². The highest BCUT2D eigenvalue weighted by Gasteiger charge is 2.20. The van der Waals surface area contributed by atoms with E-state index in [-0.39, 0.29) is 18.5 Å². The molecule has 394 valence electrons. The molecule has 2 unspecified atom stereocenters. The van der Waals surface area contributed by atoms with E-state index in [1.165, 1.54) is 231 Å². The van der Waals surface area contributed by atoms with Gasteiger partial charge in [0.25, 0.3) is 0 Å². The van der Waals surface area contributed by atoms with E-state index in [1.54, 1.807) is 0 Å². The van der Waals surface area contributed by atoms with E-state index in [0.29, 0.717) is 25.9 Å². The number of unbranched alkanes of at least 4 members (excludes halogenated alkanes) is 38. The van der Waals surface area contributed by atoms with Crippen molar-refractivity contribution in [3.8, 4) is 0 Å². The summed E-state index contributed by atoms with van der Waals surface area (Å²) >= 11 is 0. The highest BCUT2D eigenvalue weighted by atomic mass is 16.5. The number of allylic oxidation sites excluding steroid dienone is 5. The van der Waals surface area contributed by atoms with Crippen LogP contribution in [0.15, 0.2) is 36.5 Å². The minimum atomic E-state index is -0.668. The Kier molecular flexibility index (Phi) is 55.0. The summed E-state index contributed by atoms with van der Waals surface area (Å²) in [5.74, 6) is -0.0826. The number of nitrogens with one attached hydrogen (secondary N) is 1. The zero-order chi connectivity index (χ0) is 48.6. The molecule has 0 aromatic rings. The van der Waals surface area contributed by atoms with Gasteiger partial charge in [0.2, 0.25) is 5.91 Å². The van der Waals surface area contributed by atoms with Crippen molar-refractivity contribution in [2.24, 2.45) is 0 Å². The molecule has 0 saturated heterocycles. The smallest absolute Gasteiger partial charge is 0.305 e. The van der Waals surface area contributed by atoms with Crippen LogP contribution in [-0.4, -0.2) is 47.4 Å². The number of amides is 1. The summed E-state index contributed by atoms with van der Waals surface area (Å²) in [7, 11) is 0. The topological polar surface area (TPSA) is 95.9 Å². The fraction of sp³-hybridized carbons (Fsp3) is 0.869. The molecule has 3 N–H and O–H groups in total. The number of ether oxygens (including phenoxy) is 1. The third kappa shape index (κ3) is 53.3. The maximum Gasteiger partial charge on any atom is 0.305 e. The van der Waals surface area contributed by atoms with E-state index in [1.807, 2.05) is 0 Å². The summed E-state index contributed by atoms with van der Waals surface area (Å²) in [4.78, 5) is 24.5. The Hall–Kier alpha value is -1.92. The fourth-order valence-corrected chi connectivity index (χ4v) is 9.12. The van der Waals surface area contributed by atoms with Crippen LogP contribution in [0.2, 0.25) is 0 Å². The summed E-state index contributed by atoms with van der Waals surface area (Å²) < 4.78 is 5.41. The molecular formula is C61H115NO5. The number of carbonyl (C=O) groups excluding carboxylic acids is 2. The predicted octanol–water partition coefficient (Wildman–Crippen LogP) is 18.4. The van der Waals surface area contributed by atoms with E-state index >= 15 is 0 Å². The van der Waals surface area contributed by atoms with E-state index in [2.05, 4.69) is 55.6 Å². The van der Waals surface area contributed by atoms with Gasteiger partial charge in [-0.3, -0.25) is 9.59 Å². The van der Waals surface area contributed by atoms with Gasteiger partial charge in [-0.25, -0.2) is 0 Å². The van der Waals surface area contributed by atoms with Crippen molar-refractivity contribution in [1.29, 1.82) is 0 Å². The molecule has 0 radical (unpaired) electrons. The maximum absolute atomic E-state index is 12.5. The SMILES string of the molecule is CCCCCCC/C=C\CCCCCCCC(=O)OCC/C=C\C/C=C\CCCCCCCCCCCCCCCCC(=O)NC(CO)C(O)CCCCCCCCCCCCCCCCC. The quantitative estimate of drug-likeness (QED) is 0.0321. The summed E-state index contributed by atoms with van der Waals surface area (Å²) in [6, 6.07) is -0.545. The summed E-state index contributed by atoms with van der Waals surface area (Å²) in [5.41, 5.74) is 0. The first-order chi connectivity index (χ1) is 33.0. The number of aliphatic hydroxyl groups excluding tert-OH is 2. The van der Waals surface area contributed by atoms with E-state index in [9.17, 15) is 19.8 Å². The van der Waals surface area contributed by atoms with Gasteiger partial charge in [-0.05, 0) is 70.6 Å². The Labute approximate surface area is 417 Å². The van der Waals surface area contributed by atoms with E-state index < -0.39 is 12.1 Å². The molecule has 67 heavy (non-hydrogen) atoms. The molecule has 0 aromatic heterocycles. The molecule has 6 nitrogen and oxygen atoms in total. The van der Waals surface area contributed by atoms with Crippen LogP contribution in [-0.2, 0) is 14.3 Å². The summed E-state index contributed by atoms with van der Waals surface area (Å²) in [6.07, 6.45) is 70.1. The van der Waals surface area contributed by atoms with Crippen molar-refractivity contribution >= 4 is 11.9 Å². The average Bonchev–Trinajstić information content (AvgIpc) is 3.33. The zero-order valence-electron chi connectivity index (χ0n) is 44.9. The first kappa shape index (κ1) is 65.1. The van der Waals surface area contributed by atoms with Crippen LogP contribution in [0, 0.1) is 0 Å². The molecule has 0 aromatic carbocycles. The first-order valence-electron chi connectivity index (χ1n) is 29.7. The van der Waals surface area contributed by atoms with Crippen molar-refractivity contribution in [1.82, 2.24) is 5.32 Å². The molecule has 0 spiro atoms. The molecule has 0 rings (SSSR count). The van der Waals surface area contributed by atoms with Crippen molar-refractivity contribution in [3.05, 3.63) is 36.5 Å². The Morgan fingerprint density at radius 1 is 0.418 bits per heavy atom. The van der Waals surface area contributed by atoms with E-state index in [0.717, 1.165) is 51.4 Å². The van der Waals surface area contributed by atoms with Gasteiger partial charge in [0.1, 0.15) is 0 Å². The molecule has 1 amide bonds. The lowest BCUT2D eigenvalue weighted by Crippen LogP contribution is -2.45. The van der Waals surface area contributed by atoms with Gasteiger partial charge in [-0.15, -0.1) is 0 Å². The second kappa shape index (κ2) is 56.7. The number of hydrogen-bond donors (Lipinski definition) is 3. The third-order valence-corrected chi connectivity index (χ3v) is 13.7. The molecule has 2 atom stereocenters. The van der Waals surface area contributed by atoms with Gasteiger partial charge in [0, 0.05) is 12.8 Å². The number of carbonyl (C=O) groups is 2. The minimum absolute atomic E-state index is 0.0388. The number of hydrogen-bond acceptors (Lipinski definition) is 5. The molecule has 0 aliphatic rings.